The first-order valence-electron chi connectivity index (χ1n) is 16.0. The number of nitrogens with zero attached hydrogens (tertiary/aromatic N) is 2. The number of anilines is 3. The summed E-state index contributed by atoms with van der Waals surface area (Å²) in [6.07, 6.45) is 0. The third kappa shape index (κ3) is 5.17. The second kappa shape index (κ2) is 11.6. The van der Waals surface area contributed by atoms with E-state index in [2.05, 4.69) is 23.1 Å². The average Bonchev–Trinajstić information content (AvgIpc) is 3.65. The van der Waals surface area contributed by atoms with Gasteiger partial charge in [-0.25, -0.2) is 0 Å². The van der Waals surface area contributed by atoms with Crippen molar-refractivity contribution < 1.29 is 25.8 Å². The minimum Gasteiger partial charge on any atom is -0.376 e. The minimum atomic E-state index is -5.95. The third-order valence-corrected chi connectivity index (χ3v) is 11.2. The lowest BCUT2D eigenvalue weighted by atomic mass is 10.1. The van der Waals surface area contributed by atoms with Crippen molar-refractivity contribution in [2.24, 2.45) is 0 Å². The summed E-state index contributed by atoms with van der Waals surface area (Å²) in [5, 5.41) is 5.26. The molecule has 0 aliphatic heterocycles. The number of para-hydroxylation sites is 3. The van der Waals surface area contributed by atoms with Crippen molar-refractivity contribution in [1.82, 2.24) is 4.57 Å². The Balaban J connectivity index is 1.34. The SMILES string of the molecule is O=S(=O)(Oc1cc(-n2c3ccccc3c3cc4ccccc4cc32)c2sc3cc(N(c4ccccc4)c4ccccc4)ccc3c2c1)C(F)(F)F. The van der Waals surface area contributed by atoms with Crippen LogP contribution >= 0.6 is 11.3 Å². The molecule has 2 heterocycles. The molecule has 0 unspecified atom stereocenters. The highest BCUT2D eigenvalue weighted by Gasteiger charge is 2.48. The summed E-state index contributed by atoms with van der Waals surface area (Å²) in [6.45, 7) is 0. The van der Waals surface area contributed by atoms with Gasteiger partial charge < -0.3 is 13.7 Å². The van der Waals surface area contributed by atoms with Crippen LogP contribution in [0.25, 0.3) is 58.4 Å². The van der Waals surface area contributed by atoms with Gasteiger partial charge in [0.15, 0.2) is 0 Å². The molecule has 0 aliphatic carbocycles. The Morgan fingerprint density at radius 1 is 0.569 bits per heavy atom. The maximum absolute atomic E-state index is 13.6. The van der Waals surface area contributed by atoms with Gasteiger partial charge in [0, 0.05) is 49.4 Å². The molecule has 7 aromatic carbocycles. The van der Waals surface area contributed by atoms with Gasteiger partial charge in [-0.2, -0.15) is 21.6 Å². The van der Waals surface area contributed by atoms with Crippen molar-refractivity contribution in [3.8, 4) is 11.4 Å². The predicted molar refractivity (Wildman–Crippen MR) is 201 cm³/mol. The smallest absolute Gasteiger partial charge is 0.376 e. The standard InChI is InChI=1S/C41H25F3N2O3S2/c42-41(43,44)51(47,48)49-31-24-35-33-20-19-30(45(28-13-3-1-4-14-28)29-15-5-2-6-16-29)23-39(33)50-40(35)38(25-31)46-36-18-10-9-17-32(36)34-21-26-11-7-8-12-27(26)22-37(34)46/h1-25H. The molecule has 10 heteroatoms. The van der Waals surface area contributed by atoms with E-state index in [1.807, 2.05) is 126 Å². The Kier molecular flexibility index (Phi) is 7.10. The second-order valence-corrected chi connectivity index (χ2v) is 14.8. The molecule has 9 aromatic rings. The van der Waals surface area contributed by atoms with Crippen LogP contribution in [0.15, 0.2) is 152 Å². The van der Waals surface area contributed by atoms with Crippen LogP contribution in [-0.4, -0.2) is 18.5 Å². The molecule has 0 saturated heterocycles. The minimum absolute atomic E-state index is 0.430. The fourth-order valence-electron chi connectivity index (χ4n) is 6.87. The third-order valence-electron chi connectivity index (χ3n) is 9.07. The van der Waals surface area contributed by atoms with Crippen molar-refractivity contribution in [3.05, 3.63) is 152 Å². The summed E-state index contributed by atoms with van der Waals surface area (Å²) in [7, 11) is -5.95. The highest BCUT2D eigenvalue weighted by atomic mass is 32.2. The van der Waals surface area contributed by atoms with E-state index in [1.54, 1.807) is 0 Å². The van der Waals surface area contributed by atoms with Gasteiger partial charge in [-0.05, 0) is 71.4 Å². The normalized spacial score (nSPS) is 12.4. The topological polar surface area (TPSA) is 51.5 Å². The van der Waals surface area contributed by atoms with Crippen LogP contribution in [0.5, 0.6) is 5.75 Å². The van der Waals surface area contributed by atoms with Crippen molar-refractivity contribution in [2.45, 2.75) is 5.51 Å². The lowest BCUT2D eigenvalue weighted by Gasteiger charge is -2.25. The summed E-state index contributed by atoms with van der Waals surface area (Å²) >= 11 is 1.49. The van der Waals surface area contributed by atoms with Gasteiger partial charge in [0.1, 0.15) is 5.75 Å². The van der Waals surface area contributed by atoms with Gasteiger partial charge >= 0.3 is 15.6 Å². The highest BCUT2D eigenvalue weighted by Crippen LogP contribution is 2.46. The molecule has 51 heavy (non-hydrogen) atoms. The number of thiophene rings is 1. The Morgan fingerprint density at radius 3 is 1.88 bits per heavy atom. The van der Waals surface area contributed by atoms with Crippen molar-refractivity contribution >= 4 is 91.3 Å². The molecular formula is C41H25F3N2O3S2. The molecule has 0 aliphatic rings. The molecule has 0 fully saturated rings. The molecule has 2 aromatic heterocycles. The van der Waals surface area contributed by atoms with Crippen LogP contribution in [0.3, 0.4) is 0 Å². The molecule has 250 valence electrons. The van der Waals surface area contributed by atoms with E-state index in [4.69, 9.17) is 4.18 Å². The van der Waals surface area contributed by atoms with E-state index < -0.39 is 21.4 Å². The second-order valence-electron chi connectivity index (χ2n) is 12.2. The zero-order chi connectivity index (χ0) is 34.9. The molecule has 9 rings (SSSR count). The first kappa shape index (κ1) is 31.2. The average molecular weight is 715 g/mol. The Morgan fingerprint density at radius 2 is 1.20 bits per heavy atom. The molecule has 5 nitrogen and oxygen atoms in total. The van der Waals surface area contributed by atoms with Crippen molar-refractivity contribution in [3.63, 3.8) is 0 Å². The van der Waals surface area contributed by atoms with Crippen LogP contribution in [0, 0.1) is 0 Å². The molecular weight excluding hydrogens is 690 g/mol. The fraction of sp³-hybridized carbons (Fsp3) is 0.0244. The summed E-state index contributed by atoms with van der Waals surface area (Å²) in [5.41, 5.74) is -0.662. The largest absolute Gasteiger partial charge is 0.534 e. The Labute approximate surface area is 294 Å². The van der Waals surface area contributed by atoms with E-state index in [-0.39, 0.29) is 0 Å². The van der Waals surface area contributed by atoms with E-state index >= 15 is 0 Å². The number of aromatic nitrogens is 1. The van der Waals surface area contributed by atoms with Crippen molar-refractivity contribution in [2.75, 3.05) is 4.90 Å². The lowest BCUT2D eigenvalue weighted by Crippen LogP contribution is -2.28. The van der Waals surface area contributed by atoms with Crippen LogP contribution < -0.4 is 9.08 Å². The van der Waals surface area contributed by atoms with E-state index in [0.717, 1.165) is 64.4 Å². The number of hydrogen-bond acceptors (Lipinski definition) is 5. The van der Waals surface area contributed by atoms with Gasteiger partial charge in [0.25, 0.3) is 0 Å². The molecule has 0 N–H and O–H groups in total. The van der Waals surface area contributed by atoms with E-state index in [0.29, 0.717) is 11.1 Å². The molecule has 0 saturated carbocycles. The van der Waals surface area contributed by atoms with E-state index in [9.17, 15) is 21.6 Å². The zero-order valence-corrected chi connectivity index (χ0v) is 28.1. The number of benzene rings is 7. The molecule has 0 amide bonds. The zero-order valence-electron chi connectivity index (χ0n) is 26.5. The van der Waals surface area contributed by atoms with Crippen LogP contribution in [-0.2, 0) is 10.1 Å². The quantitative estimate of drug-likeness (QED) is 0.127. The maximum atomic E-state index is 13.6. The molecule has 0 spiro atoms. The van der Waals surface area contributed by atoms with Crippen molar-refractivity contribution in [1.29, 1.82) is 0 Å². The Hall–Kier alpha value is -5.84. The summed E-state index contributed by atoms with van der Waals surface area (Å²) in [6, 6.07) is 48.6. The molecule has 0 bridgehead atoms. The monoisotopic (exact) mass is 714 g/mol. The van der Waals surface area contributed by atoms with Crippen LogP contribution in [0.1, 0.15) is 0 Å². The number of fused-ring (bicyclic) bond motifs is 7. The van der Waals surface area contributed by atoms with Gasteiger partial charge in [-0.15, -0.1) is 11.3 Å². The predicted octanol–water partition coefficient (Wildman–Crippen LogP) is 12.0. The first-order valence-corrected chi connectivity index (χ1v) is 18.2. The van der Waals surface area contributed by atoms with Gasteiger partial charge in [-0.3, -0.25) is 0 Å². The summed E-state index contributed by atoms with van der Waals surface area (Å²) in [4.78, 5) is 2.13. The fourth-order valence-corrected chi connectivity index (χ4v) is 8.53. The molecule has 0 atom stereocenters. The molecule has 0 radical (unpaired) electrons. The summed E-state index contributed by atoms with van der Waals surface area (Å²) in [5.74, 6) is -0.430. The number of alkyl halides is 3. The first-order chi connectivity index (χ1) is 24.7. The number of rotatable bonds is 6. The van der Waals surface area contributed by atoms with Crippen LogP contribution in [0.2, 0.25) is 0 Å². The van der Waals surface area contributed by atoms with Crippen LogP contribution in [0.4, 0.5) is 30.2 Å². The van der Waals surface area contributed by atoms with Gasteiger partial charge in [-0.1, -0.05) is 84.9 Å². The van der Waals surface area contributed by atoms with Gasteiger partial charge in [0.05, 0.1) is 21.4 Å². The number of halogens is 3. The Bertz CT molecular complexity index is 2860. The maximum Gasteiger partial charge on any atom is 0.534 e. The summed E-state index contributed by atoms with van der Waals surface area (Å²) < 4.78 is 74.1. The highest BCUT2D eigenvalue weighted by molar-refractivity contribution is 7.88. The van der Waals surface area contributed by atoms with Gasteiger partial charge in [0.2, 0.25) is 0 Å². The van der Waals surface area contributed by atoms with E-state index in [1.165, 1.54) is 23.5 Å². The number of hydrogen-bond donors (Lipinski definition) is 0. The lowest BCUT2D eigenvalue weighted by molar-refractivity contribution is -0.0500.